The number of carbonyl (C=O) groups is 2. The first-order valence-electron chi connectivity index (χ1n) is 9.85. The number of esters is 2. The minimum atomic E-state index is -3.27. The molecule has 0 amide bonds. The van der Waals surface area contributed by atoms with Gasteiger partial charge in [0.2, 0.25) is 0 Å². The first-order chi connectivity index (χ1) is 16.1. The van der Waals surface area contributed by atoms with Gasteiger partial charge in [-0.15, -0.1) is 0 Å². The number of hydrogen-bond donors (Lipinski definition) is 1. The first-order valence-corrected chi connectivity index (χ1v) is 9.85. The van der Waals surface area contributed by atoms with E-state index < -0.39 is 86.1 Å². The lowest BCUT2D eigenvalue weighted by atomic mass is 9.82. The maximum absolute atomic E-state index is 15.6. The average Bonchev–Trinajstić information content (AvgIpc) is 2.75. The van der Waals surface area contributed by atoms with Crippen LogP contribution >= 0.6 is 0 Å². The molecule has 16 nitrogen and oxygen atoms in total. The lowest BCUT2D eigenvalue weighted by molar-refractivity contribution is -0.303. The van der Waals surface area contributed by atoms with Gasteiger partial charge in [0.15, 0.2) is 18.5 Å². The van der Waals surface area contributed by atoms with E-state index in [4.69, 9.17) is 30.8 Å². The van der Waals surface area contributed by atoms with Crippen molar-refractivity contribution in [2.45, 2.75) is 81.5 Å². The highest BCUT2D eigenvalue weighted by Gasteiger charge is 2.59. The zero-order chi connectivity index (χ0) is 25.5. The van der Waals surface area contributed by atoms with Gasteiger partial charge >= 0.3 is 11.9 Å². The molecule has 1 saturated carbocycles. The summed E-state index contributed by atoms with van der Waals surface area (Å²) < 4.78 is 50.9. The Bertz CT molecular complexity index is 925. The molecule has 1 aliphatic carbocycles. The molecule has 0 bridgehead atoms. The van der Waals surface area contributed by atoms with E-state index in [1.54, 1.807) is 0 Å². The number of ether oxygens (including phenoxy) is 4. The predicted molar refractivity (Wildman–Crippen MR) is 105 cm³/mol. The standard InChI is InChI=1S/C16H21F2N9O7/c1-6(28)31-13-8(17)3-12(32-10(13)5-22-25-19)33-14-9(23-26-20)4-11(24-27-21)16(18,15(14)30)34-7(2)29/h8-15,30H,3-5H2,1-2H3/t8-,9?,10+,11?,12+,13-,14+,15-,16-/m0/s1. The molecule has 2 fully saturated rings. The van der Waals surface area contributed by atoms with Crippen LogP contribution < -0.4 is 0 Å². The van der Waals surface area contributed by atoms with E-state index in [-0.39, 0.29) is 0 Å². The molecular weight excluding hydrogens is 468 g/mol. The normalized spacial score (nSPS) is 37.2. The molecule has 0 radical (unpaired) electrons. The number of hydrogen-bond acceptors (Lipinski definition) is 10. The smallest absolute Gasteiger partial charge is 0.305 e. The molecule has 0 spiro atoms. The van der Waals surface area contributed by atoms with Gasteiger partial charge in [-0.2, -0.15) is 4.39 Å². The maximum Gasteiger partial charge on any atom is 0.305 e. The molecule has 2 rings (SSSR count). The van der Waals surface area contributed by atoms with Gasteiger partial charge < -0.3 is 24.1 Å². The van der Waals surface area contributed by atoms with E-state index in [1.165, 1.54) is 0 Å². The highest BCUT2D eigenvalue weighted by Crippen LogP contribution is 2.40. The zero-order valence-electron chi connectivity index (χ0n) is 17.9. The van der Waals surface area contributed by atoms with Crippen molar-refractivity contribution in [2.75, 3.05) is 6.54 Å². The quantitative estimate of drug-likeness (QED) is 0.231. The van der Waals surface area contributed by atoms with Gasteiger partial charge in [-0.25, -0.2) is 4.39 Å². The number of azide groups is 3. The minimum Gasteiger partial charge on any atom is -0.457 e. The lowest BCUT2D eigenvalue weighted by Gasteiger charge is -2.46. The molecule has 0 aromatic carbocycles. The van der Waals surface area contributed by atoms with Crippen molar-refractivity contribution in [2.24, 2.45) is 15.3 Å². The van der Waals surface area contributed by atoms with Crippen LogP contribution in [0.2, 0.25) is 0 Å². The van der Waals surface area contributed by atoms with E-state index in [0.29, 0.717) is 0 Å². The summed E-state index contributed by atoms with van der Waals surface area (Å²) in [6.45, 7) is 1.43. The Morgan fingerprint density at radius 1 is 1.12 bits per heavy atom. The van der Waals surface area contributed by atoms with Crippen LogP contribution in [-0.4, -0.2) is 78.4 Å². The van der Waals surface area contributed by atoms with Gasteiger partial charge in [-0.3, -0.25) is 9.59 Å². The molecule has 1 N–H and O–H groups in total. The van der Waals surface area contributed by atoms with Gasteiger partial charge in [0.05, 0.1) is 12.6 Å². The Morgan fingerprint density at radius 2 is 1.79 bits per heavy atom. The van der Waals surface area contributed by atoms with Gasteiger partial charge in [0.25, 0.3) is 5.85 Å². The fourth-order valence-corrected chi connectivity index (χ4v) is 3.78. The Balaban J connectivity index is 2.34. The first kappa shape index (κ1) is 26.9. The van der Waals surface area contributed by atoms with Gasteiger partial charge in [0, 0.05) is 35.0 Å². The van der Waals surface area contributed by atoms with E-state index in [1.807, 2.05) is 0 Å². The van der Waals surface area contributed by atoms with Crippen molar-refractivity contribution in [3.05, 3.63) is 31.3 Å². The Kier molecular flexibility index (Phi) is 9.20. The second kappa shape index (κ2) is 11.7. The molecule has 18 heteroatoms. The SMILES string of the molecule is CC(=O)O[C@H]1[C@@H](F)C[C@@H](O[C@@H]2C(N=[N+]=[N-])CC(N=[N+]=[N-])[C@](F)(OC(C)=O)[C@H]2O)O[C@@H]1CN=[N+]=[N-]. The highest BCUT2D eigenvalue weighted by atomic mass is 19.2. The number of halogens is 2. The highest BCUT2D eigenvalue weighted by molar-refractivity contribution is 5.66. The summed E-state index contributed by atoms with van der Waals surface area (Å²) in [4.78, 5) is 30.3. The van der Waals surface area contributed by atoms with Crippen LogP contribution in [0.3, 0.4) is 0 Å². The number of aliphatic hydroxyl groups excluding tert-OH is 1. The zero-order valence-corrected chi connectivity index (χ0v) is 17.9. The molecule has 0 aromatic rings. The molecule has 1 saturated heterocycles. The van der Waals surface area contributed by atoms with Gasteiger partial charge in [-0.1, -0.05) is 15.3 Å². The van der Waals surface area contributed by atoms with Crippen LogP contribution in [0.15, 0.2) is 15.3 Å². The van der Waals surface area contributed by atoms with Crippen molar-refractivity contribution < 1.29 is 42.4 Å². The second-order valence-electron chi connectivity index (χ2n) is 7.41. The predicted octanol–water partition coefficient (Wildman–Crippen LogP) is 2.42. The van der Waals surface area contributed by atoms with Crippen LogP contribution in [0.25, 0.3) is 31.3 Å². The van der Waals surface area contributed by atoms with Crippen LogP contribution in [0, 0.1) is 0 Å². The number of aliphatic hydroxyl groups is 1. The Morgan fingerprint density at radius 3 is 2.35 bits per heavy atom. The Labute approximate surface area is 190 Å². The van der Waals surface area contributed by atoms with Gasteiger partial charge in [-0.05, 0) is 23.0 Å². The van der Waals surface area contributed by atoms with Crippen molar-refractivity contribution in [3.8, 4) is 0 Å². The third-order valence-corrected chi connectivity index (χ3v) is 5.11. The fraction of sp³-hybridized carbons (Fsp3) is 0.875. The number of alkyl halides is 2. The minimum absolute atomic E-state index is 0.457. The van der Waals surface area contributed by atoms with E-state index in [9.17, 15) is 19.1 Å². The summed E-state index contributed by atoms with van der Waals surface area (Å²) in [5.74, 6) is -5.24. The topological polar surface area (TPSA) is 238 Å². The monoisotopic (exact) mass is 489 g/mol. The summed E-state index contributed by atoms with van der Waals surface area (Å²) >= 11 is 0. The third kappa shape index (κ3) is 6.14. The summed E-state index contributed by atoms with van der Waals surface area (Å²) in [7, 11) is 0. The van der Waals surface area contributed by atoms with Crippen molar-refractivity contribution in [3.63, 3.8) is 0 Å². The number of carbonyl (C=O) groups excluding carboxylic acids is 2. The Hall–Kier alpha value is -3.39. The molecule has 1 aliphatic heterocycles. The molecule has 1 heterocycles. The lowest BCUT2D eigenvalue weighted by Crippen LogP contribution is -2.64. The summed E-state index contributed by atoms with van der Waals surface area (Å²) in [6.07, 6.45) is -11.3. The molecule has 186 valence electrons. The van der Waals surface area contributed by atoms with Gasteiger partial charge in [0.1, 0.15) is 24.4 Å². The maximum atomic E-state index is 15.6. The average molecular weight is 489 g/mol. The molecular formula is C16H21F2N9O7. The molecule has 9 atom stereocenters. The van der Waals surface area contributed by atoms with E-state index >= 15 is 4.39 Å². The van der Waals surface area contributed by atoms with Crippen molar-refractivity contribution in [1.82, 2.24) is 0 Å². The van der Waals surface area contributed by atoms with Crippen molar-refractivity contribution >= 4 is 11.9 Å². The molecule has 2 aliphatic rings. The summed E-state index contributed by atoms with van der Waals surface area (Å²) in [6, 6.07) is -3.13. The van der Waals surface area contributed by atoms with Crippen LogP contribution in [0.5, 0.6) is 0 Å². The third-order valence-electron chi connectivity index (χ3n) is 5.11. The molecule has 0 aromatic heterocycles. The van der Waals surface area contributed by atoms with Crippen molar-refractivity contribution in [1.29, 1.82) is 0 Å². The van der Waals surface area contributed by atoms with Crippen LogP contribution in [0.4, 0.5) is 8.78 Å². The van der Waals surface area contributed by atoms with E-state index in [0.717, 1.165) is 13.8 Å². The summed E-state index contributed by atoms with van der Waals surface area (Å²) in [5.41, 5.74) is 26.2. The molecule has 34 heavy (non-hydrogen) atoms. The largest absolute Gasteiger partial charge is 0.457 e. The van der Waals surface area contributed by atoms with Crippen LogP contribution in [0.1, 0.15) is 26.7 Å². The fourth-order valence-electron chi connectivity index (χ4n) is 3.78. The molecule has 2 unspecified atom stereocenters. The number of nitrogens with zero attached hydrogens (tertiary/aromatic N) is 9. The second-order valence-corrected chi connectivity index (χ2v) is 7.41. The van der Waals surface area contributed by atoms with Crippen LogP contribution in [-0.2, 0) is 28.5 Å². The summed E-state index contributed by atoms with van der Waals surface area (Å²) in [5, 5.41) is 20.6. The number of rotatable bonds is 8. The van der Waals surface area contributed by atoms with E-state index in [2.05, 4.69) is 34.8 Å².